The summed E-state index contributed by atoms with van der Waals surface area (Å²) in [4.78, 5) is 13.0. The summed E-state index contributed by atoms with van der Waals surface area (Å²) in [5.41, 5.74) is 6.87. The highest BCUT2D eigenvalue weighted by atomic mass is 16.3. The molecule has 0 amide bonds. The van der Waals surface area contributed by atoms with Crippen molar-refractivity contribution < 1.29 is 9.90 Å². The molecule has 0 radical (unpaired) electrons. The van der Waals surface area contributed by atoms with Gasteiger partial charge >= 0.3 is 0 Å². The monoisotopic (exact) mass is 420 g/mol. The number of benzene rings is 2. The van der Waals surface area contributed by atoms with E-state index in [2.05, 4.69) is 58.5 Å². The molecule has 0 saturated carbocycles. The molecule has 31 heavy (non-hydrogen) atoms. The molecule has 3 rings (SSSR count). The third kappa shape index (κ3) is 6.77. The third-order valence-corrected chi connectivity index (χ3v) is 6.01. The molecule has 168 valence electrons. The zero-order valence-electron chi connectivity index (χ0n) is 20.3. The van der Waals surface area contributed by atoms with Gasteiger partial charge in [0.25, 0.3) is 0 Å². The Morgan fingerprint density at radius 3 is 2.13 bits per heavy atom. The van der Waals surface area contributed by atoms with Gasteiger partial charge in [-0.15, -0.1) is 0 Å². The highest BCUT2D eigenvalue weighted by molar-refractivity contribution is 5.92. The lowest BCUT2D eigenvalue weighted by Gasteiger charge is -2.31. The molecule has 0 aromatic heterocycles. The van der Waals surface area contributed by atoms with Gasteiger partial charge in [0.1, 0.15) is 5.78 Å². The van der Waals surface area contributed by atoms with Crippen LogP contribution < -0.4 is 0 Å². The van der Waals surface area contributed by atoms with E-state index in [9.17, 15) is 4.79 Å². The van der Waals surface area contributed by atoms with E-state index in [0.29, 0.717) is 12.8 Å². The van der Waals surface area contributed by atoms with Crippen LogP contribution in [0, 0.1) is 20.8 Å². The molecule has 0 saturated heterocycles. The Balaban J connectivity index is 0.000000447. The molecule has 1 atom stereocenters. The van der Waals surface area contributed by atoms with E-state index in [4.69, 9.17) is 5.11 Å². The largest absolute Gasteiger partial charge is 0.396 e. The van der Waals surface area contributed by atoms with Crippen LogP contribution in [-0.2, 0) is 10.2 Å². The molecular weight excluding hydrogens is 380 g/mol. The Morgan fingerprint density at radius 1 is 1.00 bits per heavy atom. The average molecular weight is 421 g/mol. The molecule has 1 aliphatic carbocycles. The van der Waals surface area contributed by atoms with Gasteiger partial charge in [-0.3, -0.25) is 4.79 Å². The second-order valence-corrected chi connectivity index (χ2v) is 8.10. The number of hydrogen-bond acceptors (Lipinski definition) is 2. The molecule has 0 fully saturated rings. The van der Waals surface area contributed by atoms with E-state index in [1.807, 2.05) is 44.2 Å². The maximum Gasteiger partial charge on any atom is 0.144 e. The highest BCUT2D eigenvalue weighted by Crippen LogP contribution is 2.47. The van der Waals surface area contributed by atoms with Crippen LogP contribution in [0.2, 0.25) is 0 Å². The van der Waals surface area contributed by atoms with Crippen molar-refractivity contribution in [2.75, 3.05) is 6.61 Å². The normalized spacial score (nSPS) is 17.3. The van der Waals surface area contributed by atoms with Crippen LogP contribution in [0.5, 0.6) is 0 Å². The smallest absolute Gasteiger partial charge is 0.144 e. The number of Topliss-reactive ketones (excluding diaryl/α,β-unsaturated/α-hetero) is 1. The Kier molecular flexibility index (Phi) is 11.2. The number of allylic oxidation sites excluding steroid dienone is 3. The number of aliphatic hydroxyl groups excluding tert-OH is 1. The fourth-order valence-electron chi connectivity index (χ4n) is 4.17. The zero-order valence-corrected chi connectivity index (χ0v) is 20.3. The average Bonchev–Trinajstić information content (AvgIpc) is 3.13. The van der Waals surface area contributed by atoms with Gasteiger partial charge in [-0.05, 0) is 69.2 Å². The summed E-state index contributed by atoms with van der Waals surface area (Å²) in [5.74, 6) is 0.242. The van der Waals surface area contributed by atoms with Crippen molar-refractivity contribution in [3.63, 3.8) is 0 Å². The molecule has 0 bridgehead atoms. The van der Waals surface area contributed by atoms with E-state index in [-0.39, 0.29) is 12.4 Å². The minimum atomic E-state index is -0.473. The third-order valence-electron chi connectivity index (χ3n) is 6.01. The predicted molar refractivity (Wildman–Crippen MR) is 134 cm³/mol. The van der Waals surface area contributed by atoms with Gasteiger partial charge in [0.05, 0.1) is 5.41 Å². The van der Waals surface area contributed by atoms with E-state index >= 15 is 0 Å². The number of carbonyl (C=O) groups is 1. The summed E-state index contributed by atoms with van der Waals surface area (Å²) in [6, 6.07) is 16.5. The molecular formula is C29H40O2. The standard InChI is InChI=1S/C20H26O2.C7H8.C2H6/c1-5-17-13-20(12-15(17)3,19(22)10-7-11-21)18-9-6-8-14(2)16(18)4;1-7-5-3-2-4-6-7;1-2/h5-6,8-9,21H,1,7,10-13H2,2-4H3;2-6H,1H3;1-2H3/t20-;;/m0../s1. The second-order valence-electron chi connectivity index (χ2n) is 8.10. The first kappa shape index (κ1) is 26.6. The van der Waals surface area contributed by atoms with Crippen LogP contribution in [0.15, 0.2) is 72.3 Å². The van der Waals surface area contributed by atoms with Gasteiger partial charge in [0, 0.05) is 13.0 Å². The van der Waals surface area contributed by atoms with Gasteiger partial charge in [0.15, 0.2) is 0 Å². The topological polar surface area (TPSA) is 37.3 Å². The number of ketones is 1. The van der Waals surface area contributed by atoms with Crippen LogP contribution in [0.3, 0.4) is 0 Å². The SMILES string of the molecule is C=CC1=C(C)C[C@@](C(=O)CCCO)(c2cccc(C)c2C)C1.CC.Cc1ccccc1. The van der Waals surface area contributed by atoms with Gasteiger partial charge in [-0.25, -0.2) is 0 Å². The first-order valence-corrected chi connectivity index (χ1v) is 11.4. The van der Waals surface area contributed by atoms with Crippen LogP contribution in [0.1, 0.15) is 68.7 Å². The Bertz CT molecular complexity index is 877. The van der Waals surface area contributed by atoms with Crippen molar-refractivity contribution in [1.82, 2.24) is 0 Å². The van der Waals surface area contributed by atoms with E-state index in [1.165, 1.54) is 27.8 Å². The Morgan fingerprint density at radius 2 is 1.65 bits per heavy atom. The maximum atomic E-state index is 13.0. The lowest BCUT2D eigenvalue weighted by atomic mass is 9.70. The van der Waals surface area contributed by atoms with Gasteiger partial charge in [0.2, 0.25) is 0 Å². The number of hydrogen-bond donors (Lipinski definition) is 1. The minimum absolute atomic E-state index is 0.0648. The van der Waals surface area contributed by atoms with Gasteiger partial charge in [-0.1, -0.05) is 86.2 Å². The molecule has 2 aromatic rings. The number of aryl methyl sites for hydroxylation is 2. The summed E-state index contributed by atoms with van der Waals surface area (Å²) in [6.07, 6.45) is 4.36. The van der Waals surface area contributed by atoms with Crippen molar-refractivity contribution in [3.05, 3.63) is 94.6 Å². The summed E-state index contributed by atoms with van der Waals surface area (Å²) in [6.45, 7) is 16.3. The summed E-state index contributed by atoms with van der Waals surface area (Å²) in [7, 11) is 0. The Hall–Kier alpha value is -2.45. The number of aliphatic hydroxyl groups is 1. The summed E-state index contributed by atoms with van der Waals surface area (Å²) < 4.78 is 0. The maximum absolute atomic E-state index is 13.0. The lowest BCUT2D eigenvalue weighted by molar-refractivity contribution is -0.124. The first-order valence-electron chi connectivity index (χ1n) is 11.4. The van der Waals surface area contributed by atoms with Crippen molar-refractivity contribution in [2.45, 2.75) is 72.6 Å². The van der Waals surface area contributed by atoms with Crippen LogP contribution in [-0.4, -0.2) is 17.5 Å². The molecule has 1 N–H and O–H groups in total. The van der Waals surface area contributed by atoms with Gasteiger partial charge < -0.3 is 5.11 Å². The second kappa shape index (κ2) is 13.1. The van der Waals surface area contributed by atoms with Crippen molar-refractivity contribution in [2.24, 2.45) is 0 Å². The summed E-state index contributed by atoms with van der Waals surface area (Å²) in [5, 5.41) is 9.08. The molecule has 0 spiro atoms. The van der Waals surface area contributed by atoms with Crippen molar-refractivity contribution in [1.29, 1.82) is 0 Å². The van der Waals surface area contributed by atoms with Crippen LogP contribution in [0.25, 0.3) is 0 Å². The molecule has 0 unspecified atom stereocenters. The Labute approximate surface area is 189 Å². The quantitative estimate of drug-likeness (QED) is 0.536. The minimum Gasteiger partial charge on any atom is -0.396 e. The van der Waals surface area contributed by atoms with Crippen LogP contribution >= 0.6 is 0 Å². The molecule has 1 aliphatic rings. The molecule has 0 heterocycles. The zero-order chi connectivity index (χ0) is 23.4. The lowest BCUT2D eigenvalue weighted by Crippen LogP contribution is -2.35. The predicted octanol–water partition coefficient (Wildman–Crippen LogP) is 7.20. The first-order chi connectivity index (χ1) is 14.9. The molecule has 2 heteroatoms. The fraction of sp³-hybridized carbons (Fsp3) is 0.414. The summed E-state index contributed by atoms with van der Waals surface area (Å²) >= 11 is 0. The van der Waals surface area contributed by atoms with E-state index in [1.54, 1.807) is 0 Å². The van der Waals surface area contributed by atoms with Crippen molar-refractivity contribution in [3.8, 4) is 0 Å². The van der Waals surface area contributed by atoms with E-state index < -0.39 is 5.41 Å². The molecule has 0 aliphatic heterocycles. The molecule has 2 aromatic carbocycles. The number of rotatable bonds is 6. The van der Waals surface area contributed by atoms with Gasteiger partial charge in [-0.2, -0.15) is 0 Å². The fourth-order valence-corrected chi connectivity index (χ4v) is 4.17. The van der Waals surface area contributed by atoms with E-state index in [0.717, 1.165) is 18.4 Å². The van der Waals surface area contributed by atoms with Crippen LogP contribution in [0.4, 0.5) is 0 Å². The number of carbonyl (C=O) groups excluding carboxylic acids is 1. The highest BCUT2D eigenvalue weighted by Gasteiger charge is 2.44. The molecule has 2 nitrogen and oxygen atoms in total. The van der Waals surface area contributed by atoms with Crippen molar-refractivity contribution >= 4 is 5.78 Å².